The van der Waals surface area contributed by atoms with Crippen molar-refractivity contribution in [2.75, 3.05) is 0 Å². The molecular weight excluding hydrogens is 443 g/mol. The summed E-state index contributed by atoms with van der Waals surface area (Å²) in [4.78, 5) is 27.9. The molecule has 0 aliphatic heterocycles. The van der Waals surface area contributed by atoms with E-state index in [1.165, 1.54) is 0 Å². The van der Waals surface area contributed by atoms with Crippen molar-refractivity contribution in [2.45, 2.75) is 58.7 Å². The maximum Gasteiger partial charge on any atom is 0.243 e. The van der Waals surface area contributed by atoms with E-state index in [2.05, 4.69) is 5.32 Å². The Morgan fingerprint density at radius 1 is 1.03 bits per heavy atom. The zero-order valence-electron chi connectivity index (χ0n) is 17.6. The monoisotopic (exact) mass is 468 g/mol. The second-order valence-electron chi connectivity index (χ2n) is 8.23. The predicted octanol–water partition coefficient (Wildman–Crippen LogP) is 5.91. The molecule has 0 aliphatic rings. The summed E-state index contributed by atoms with van der Waals surface area (Å²) in [6, 6.07) is 11.6. The number of carbonyl (C=O) groups is 2. The van der Waals surface area contributed by atoms with Crippen LogP contribution in [0.2, 0.25) is 15.1 Å². The molecule has 4 nitrogen and oxygen atoms in total. The van der Waals surface area contributed by atoms with Crippen molar-refractivity contribution in [2.24, 2.45) is 0 Å². The van der Waals surface area contributed by atoms with Gasteiger partial charge in [-0.15, -0.1) is 0 Å². The van der Waals surface area contributed by atoms with Gasteiger partial charge in [-0.05, 0) is 62.6 Å². The summed E-state index contributed by atoms with van der Waals surface area (Å²) in [5, 5.41) is 4.51. The lowest BCUT2D eigenvalue weighted by atomic mass is 10.0. The Hall–Kier alpha value is -1.75. The molecule has 0 aliphatic carbocycles. The first-order valence-electron chi connectivity index (χ1n) is 9.80. The van der Waals surface area contributed by atoms with E-state index >= 15 is 0 Å². The van der Waals surface area contributed by atoms with Gasteiger partial charge in [0.15, 0.2) is 0 Å². The van der Waals surface area contributed by atoms with Crippen LogP contribution in [0.25, 0.3) is 0 Å². The van der Waals surface area contributed by atoms with Gasteiger partial charge >= 0.3 is 0 Å². The fourth-order valence-electron chi connectivity index (χ4n) is 3.13. The molecule has 0 aromatic heterocycles. The molecule has 0 saturated carbocycles. The quantitative estimate of drug-likeness (QED) is 0.548. The standard InChI is InChI=1S/C23H27Cl3N2O2/c1-5-20(22(30)27-23(2,3)4)28(14-16-9-10-18(25)13-19(16)26)21(29)12-15-7-6-8-17(24)11-15/h6-11,13,20H,5,12,14H2,1-4H3,(H,27,30)/t20-/m1/s1. The fraction of sp³-hybridized carbons (Fsp3) is 0.391. The van der Waals surface area contributed by atoms with Crippen LogP contribution in [0.15, 0.2) is 42.5 Å². The Balaban J connectivity index is 2.36. The lowest BCUT2D eigenvalue weighted by molar-refractivity contribution is -0.141. The molecule has 2 aromatic carbocycles. The van der Waals surface area contributed by atoms with Crippen LogP contribution in [0.1, 0.15) is 45.2 Å². The van der Waals surface area contributed by atoms with Crippen molar-refractivity contribution < 1.29 is 9.59 Å². The molecule has 0 bridgehead atoms. The van der Waals surface area contributed by atoms with Crippen molar-refractivity contribution in [3.63, 3.8) is 0 Å². The maximum absolute atomic E-state index is 13.3. The number of benzene rings is 2. The molecule has 2 aromatic rings. The zero-order chi connectivity index (χ0) is 22.5. The van der Waals surface area contributed by atoms with Crippen molar-refractivity contribution in [3.05, 3.63) is 68.7 Å². The number of carbonyl (C=O) groups excluding carboxylic acids is 2. The predicted molar refractivity (Wildman–Crippen MR) is 124 cm³/mol. The minimum absolute atomic E-state index is 0.130. The molecule has 0 spiro atoms. The molecule has 0 unspecified atom stereocenters. The average molecular weight is 470 g/mol. The number of rotatable bonds is 7. The summed E-state index contributed by atoms with van der Waals surface area (Å²) in [6.45, 7) is 7.81. The van der Waals surface area contributed by atoms with Crippen molar-refractivity contribution >= 4 is 46.6 Å². The summed E-state index contributed by atoms with van der Waals surface area (Å²) in [5.74, 6) is -0.381. The van der Waals surface area contributed by atoms with Gasteiger partial charge in [0, 0.05) is 27.2 Å². The van der Waals surface area contributed by atoms with E-state index in [0.29, 0.717) is 21.5 Å². The molecule has 7 heteroatoms. The van der Waals surface area contributed by atoms with E-state index in [4.69, 9.17) is 34.8 Å². The average Bonchev–Trinajstić information content (AvgIpc) is 2.61. The minimum Gasteiger partial charge on any atom is -0.350 e. The molecular formula is C23H27Cl3N2O2. The molecule has 1 atom stereocenters. The highest BCUT2D eigenvalue weighted by atomic mass is 35.5. The molecule has 30 heavy (non-hydrogen) atoms. The Morgan fingerprint density at radius 2 is 1.70 bits per heavy atom. The van der Waals surface area contributed by atoms with Crippen LogP contribution < -0.4 is 5.32 Å². The maximum atomic E-state index is 13.3. The van der Waals surface area contributed by atoms with Gasteiger partial charge in [-0.1, -0.05) is 59.9 Å². The normalized spacial score (nSPS) is 12.4. The van der Waals surface area contributed by atoms with E-state index in [9.17, 15) is 9.59 Å². The van der Waals surface area contributed by atoms with Crippen LogP contribution in [0.5, 0.6) is 0 Å². The Labute approximate surface area is 193 Å². The summed E-state index contributed by atoms with van der Waals surface area (Å²) in [7, 11) is 0. The minimum atomic E-state index is -0.636. The van der Waals surface area contributed by atoms with Gasteiger partial charge in [0.1, 0.15) is 6.04 Å². The van der Waals surface area contributed by atoms with Crippen molar-refractivity contribution in [1.82, 2.24) is 10.2 Å². The van der Waals surface area contributed by atoms with Crippen LogP contribution in [-0.2, 0) is 22.6 Å². The summed E-state index contributed by atoms with van der Waals surface area (Å²) in [6.07, 6.45) is 0.597. The molecule has 0 saturated heterocycles. The SMILES string of the molecule is CC[C@H](C(=O)NC(C)(C)C)N(Cc1ccc(Cl)cc1Cl)C(=O)Cc1cccc(Cl)c1. The molecule has 0 fully saturated rings. The number of amides is 2. The number of hydrogen-bond acceptors (Lipinski definition) is 2. The van der Waals surface area contributed by atoms with Gasteiger partial charge in [0.2, 0.25) is 11.8 Å². The third-order valence-electron chi connectivity index (χ3n) is 4.48. The molecule has 162 valence electrons. The largest absolute Gasteiger partial charge is 0.350 e. The van der Waals surface area contributed by atoms with Crippen LogP contribution in [0.3, 0.4) is 0 Å². The van der Waals surface area contributed by atoms with Gasteiger partial charge in [0.25, 0.3) is 0 Å². The molecule has 0 radical (unpaired) electrons. The summed E-state index contributed by atoms with van der Waals surface area (Å²) < 4.78 is 0. The molecule has 1 N–H and O–H groups in total. The highest BCUT2D eigenvalue weighted by Crippen LogP contribution is 2.24. The van der Waals surface area contributed by atoms with Gasteiger partial charge < -0.3 is 10.2 Å². The van der Waals surface area contributed by atoms with E-state index in [-0.39, 0.29) is 24.8 Å². The van der Waals surface area contributed by atoms with E-state index in [1.807, 2.05) is 33.8 Å². The summed E-state index contributed by atoms with van der Waals surface area (Å²) in [5.41, 5.74) is 1.10. The Morgan fingerprint density at radius 3 is 2.27 bits per heavy atom. The Bertz CT molecular complexity index is 910. The molecule has 2 amide bonds. The lowest BCUT2D eigenvalue weighted by Crippen LogP contribution is -2.53. The van der Waals surface area contributed by atoms with Crippen molar-refractivity contribution in [1.29, 1.82) is 0 Å². The Kier molecular flexibility index (Phi) is 8.60. The number of nitrogens with one attached hydrogen (secondary N) is 1. The smallest absolute Gasteiger partial charge is 0.243 e. The van der Waals surface area contributed by atoms with Crippen molar-refractivity contribution in [3.8, 4) is 0 Å². The third kappa shape index (κ3) is 7.19. The van der Waals surface area contributed by atoms with Gasteiger partial charge in [-0.3, -0.25) is 9.59 Å². The highest BCUT2D eigenvalue weighted by Gasteiger charge is 2.31. The van der Waals surface area contributed by atoms with Crippen LogP contribution in [0.4, 0.5) is 0 Å². The van der Waals surface area contributed by atoms with Gasteiger partial charge in [-0.25, -0.2) is 0 Å². The molecule has 0 heterocycles. The van der Waals surface area contributed by atoms with E-state index in [1.54, 1.807) is 41.3 Å². The van der Waals surface area contributed by atoms with Crippen LogP contribution >= 0.6 is 34.8 Å². The number of nitrogens with zero attached hydrogens (tertiary/aromatic N) is 1. The van der Waals surface area contributed by atoms with Gasteiger partial charge in [0.05, 0.1) is 6.42 Å². The third-order valence-corrected chi connectivity index (χ3v) is 5.31. The highest BCUT2D eigenvalue weighted by molar-refractivity contribution is 6.35. The first-order chi connectivity index (χ1) is 14.0. The van der Waals surface area contributed by atoms with E-state index in [0.717, 1.165) is 11.1 Å². The van der Waals surface area contributed by atoms with E-state index < -0.39 is 11.6 Å². The lowest BCUT2D eigenvalue weighted by Gasteiger charge is -2.33. The number of halogens is 3. The second-order valence-corrected chi connectivity index (χ2v) is 9.51. The first kappa shape index (κ1) is 24.5. The first-order valence-corrected chi connectivity index (χ1v) is 10.9. The molecule has 2 rings (SSSR count). The van der Waals surface area contributed by atoms with Crippen LogP contribution in [-0.4, -0.2) is 28.3 Å². The van der Waals surface area contributed by atoms with Crippen LogP contribution in [0, 0.1) is 0 Å². The summed E-state index contributed by atoms with van der Waals surface area (Å²) >= 11 is 18.4. The second kappa shape index (κ2) is 10.5. The number of hydrogen-bond donors (Lipinski definition) is 1. The fourth-order valence-corrected chi connectivity index (χ4v) is 3.81. The topological polar surface area (TPSA) is 49.4 Å². The zero-order valence-corrected chi connectivity index (χ0v) is 19.9. The van der Waals surface area contributed by atoms with Gasteiger partial charge in [-0.2, -0.15) is 0 Å².